The van der Waals surface area contributed by atoms with Crippen molar-refractivity contribution in [1.82, 2.24) is 0 Å². The third-order valence-electron chi connectivity index (χ3n) is 6.88. The minimum atomic E-state index is -0.483. The van der Waals surface area contributed by atoms with Crippen LogP contribution in [0.5, 0.6) is 0 Å². The van der Waals surface area contributed by atoms with Crippen LogP contribution in [0.2, 0.25) is 0 Å². The zero-order valence-electron chi connectivity index (χ0n) is 19.3. The molecule has 3 atom stereocenters. The molecule has 5 heteroatoms. The van der Waals surface area contributed by atoms with Crippen LogP contribution in [0.3, 0.4) is 0 Å². The highest BCUT2D eigenvalue weighted by atomic mass is 32.2. The van der Waals surface area contributed by atoms with Crippen molar-refractivity contribution in [2.45, 2.75) is 77.2 Å². The number of anilines is 1. The summed E-state index contributed by atoms with van der Waals surface area (Å²) in [5, 5.41) is 11.6. The smallest absolute Gasteiger partial charge is 0.264 e. The molecule has 0 radical (unpaired) electrons. The average molecular weight is 437 g/mol. The fourth-order valence-electron chi connectivity index (χ4n) is 4.65. The number of nitrogens with zero attached hydrogens (tertiary/aromatic N) is 2. The first-order valence-corrected chi connectivity index (χ1v) is 11.9. The molecule has 1 heterocycles. The van der Waals surface area contributed by atoms with E-state index >= 15 is 0 Å². The highest BCUT2D eigenvalue weighted by molar-refractivity contribution is 8.16. The third kappa shape index (κ3) is 3.62. The number of carbonyl (C=O) groups is 1. The fraction of sp³-hybridized carbons (Fsp3) is 0.462. The Kier molecular flexibility index (Phi) is 5.55. The van der Waals surface area contributed by atoms with Crippen molar-refractivity contribution >= 4 is 28.5 Å². The van der Waals surface area contributed by atoms with Crippen LogP contribution in [-0.4, -0.2) is 32.6 Å². The van der Waals surface area contributed by atoms with Crippen LogP contribution in [0.25, 0.3) is 0 Å². The number of carbonyl (C=O) groups excluding carboxylic acids is 1. The van der Waals surface area contributed by atoms with Crippen molar-refractivity contribution < 1.29 is 9.90 Å². The van der Waals surface area contributed by atoms with Crippen LogP contribution in [0.4, 0.5) is 5.69 Å². The van der Waals surface area contributed by atoms with Gasteiger partial charge in [0.1, 0.15) is 5.54 Å². The van der Waals surface area contributed by atoms with E-state index in [0.717, 1.165) is 41.6 Å². The molecule has 0 aromatic heterocycles. The van der Waals surface area contributed by atoms with Gasteiger partial charge in [0.15, 0.2) is 5.17 Å². The summed E-state index contributed by atoms with van der Waals surface area (Å²) in [7, 11) is 0. The minimum absolute atomic E-state index is 0.0722. The Morgan fingerprint density at radius 3 is 2.52 bits per heavy atom. The van der Waals surface area contributed by atoms with Crippen molar-refractivity contribution in [1.29, 1.82) is 0 Å². The van der Waals surface area contributed by atoms with Gasteiger partial charge in [0.25, 0.3) is 5.91 Å². The van der Waals surface area contributed by atoms with Gasteiger partial charge in [-0.25, -0.2) is 0 Å². The van der Waals surface area contributed by atoms with E-state index in [1.54, 1.807) is 16.7 Å². The molecule has 3 unspecified atom stereocenters. The molecule has 31 heavy (non-hydrogen) atoms. The predicted octanol–water partition coefficient (Wildman–Crippen LogP) is 5.73. The summed E-state index contributed by atoms with van der Waals surface area (Å²) in [5.41, 5.74) is 5.44. The molecular weight excluding hydrogens is 404 g/mol. The molecule has 0 spiro atoms. The van der Waals surface area contributed by atoms with E-state index in [9.17, 15) is 9.90 Å². The Morgan fingerprint density at radius 2 is 1.87 bits per heavy atom. The van der Waals surface area contributed by atoms with Crippen molar-refractivity contribution in [3.63, 3.8) is 0 Å². The zero-order valence-corrected chi connectivity index (χ0v) is 20.1. The molecule has 0 bridgehead atoms. The van der Waals surface area contributed by atoms with Gasteiger partial charge in [-0.15, -0.1) is 0 Å². The standard InChI is InChI=1S/C26H32N2O2S/c1-7-8-22(29)26-15-25(26,6)31-24(27-26)28(20-11-10-17(3)18(4)14-20)23(30)21-12-9-16(2)13-19(21)5/h9-14,22,29H,7-8,15H2,1-6H3. The normalized spacial score (nSPS) is 25.1. The molecule has 2 aromatic rings. The van der Waals surface area contributed by atoms with E-state index < -0.39 is 11.6 Å². The number of aryl methyl sites for hydroxylation is 4. The number of thioether (sulfide) groups is 1. The van der Waals surface area contributed by atoms with Crippen LogP contribution >= 0.6 is 11.8 Å². The van der Waals surface area contributed by atoms with Crippen molar-refractivity contribution in [3.8, 4) is 0 Å². The van der Waals surface area contributed by atoms with E-state index in [2.05, 4.69) is 39.8 Å². The maximum absolute atomic E-state index is 13.9. The Balaban J connectivity index is 1.80. The number of hydrogen-bond donors (Lipinski definition) is 1. The van der Waals surface area contributed by atoms with Gasteiger partial charge in [0.05, 0.1) is 16.5 Å². The number of fused-ring (bicyclic) bond motifs is 1. The van der Waals surface area contributed by atoms with Gasteiger partial charge in [-0.2, -0.15) is 0 Å². The molecule has 1 amide bonds. The molecule has 164 valence electrons. The predicted molar refractivity (Wildman–Crippen MR) is 130 cm³/mol. The number of aliphatic hydroxyl groups is 1. The number of aliphatic hydroxyl groups excluding tert-OH is 1. The molecule has 4 nitrogen and oxygen atoms in total. The van der Waals surface area contributed by atoms with Crippen LogP contribution in [-0.2, 0) is 0 Å². The molecule has 0 saturated heterocycles. The Hall–Kier alpha value is -2.11. The Bertz CT molecular complexity index is 1080. The first-order valence-electron chi connectivity index (χ1n) is 11.1. The molecule has 2 aliphatic rings. The average Bonchev–Trinajstić information content (AvgIpc) is 3.18. The van der Waals surface area contributed by atoms with Crippen LogP contribution in [0.15, 0.2) is 41.4 Å². The minimum Gasteiger partial charge on any atom is -0.391 e. The monoisotopic (exact) mass is 436 g/mol. The highest BCUT2D eigenvalue weighted by Gasteiger charge is 2.73. The number of hydrogen-bond acceptors (Lipinski definition) is 4. The van der Waals surface area contributed by atoms with Gasteiger partial charge in [-0.1, -0.05) is 48.9 Å². The maximum atomic E-state index is 13.9. The lowest BCUT2D eigenvalue weighted by Gasteiger charge is -2.25. The first kappa shape index (κ1) is 22.1. The van der Waals surface area contributed by atoms with E-state index in [1.807, 2.05) is 38.1 Å². The van der Waals surface area contributed by atoms with E-state index in [-0.39, 0.29) is 10.7 Å². The van der Waals surface area contributed by atoms with Gasteiger partial charge in [-0.3, -0.25) is 14.7 Å². The fourth-order valence-corrected chi connectivity index (χ4v) is 6.19. The van der Waals surface area contributed by atoms with Crippen LogP contribution < -0.4 is 4.90 Å². The van der Waals surface area contributed by atoms with Gasteiger partial charge in [0.2, 0.25) is 0 Å². The second-order valence-electron chi connectivity index (χ2n) is 9.36. The third-order valence-corrected chi connectivity index (χ3v) is 8.28. The molecule has 4 rings (SSSR count). The number of rotatable bonds is 5. The van der Waals surface area contributed by atoms with Crippen molar-refractivity contribution in [2.75, 3.05) is 4.90 Å². The molecule has 1 aliphatic heterocycles. The van der Waals surface area contributed by atoms with Crippen molar-refractivity contribution in [2.24, 2.45) is 4.99 Å². The molecule has 1 aliphatic carbocycles. The lowest BCUT2D eigenvalue weighted by Crippen LogP contribution is -2.36. The second kappa shape index (κ2) is 7.79. The van der Waals surface area contributed by atoms with E-state index in [0.29, 0.717) is 10.7 Å². The lowest BCUT2D eigenvalue weighted by atomic mass is 10.0. The topological polar surface area (TPSA) is 52.9 Å². The summed E-state index contributed by atoms with van der Waals surface area (Å²) in [5.74, 6) is -0.0722. The molecule has 1 N–H and O–H groups in total. The SMILES string of the molecule is CCCC(O)C12CC1(C)SC(N(C(=O)c1ccc(C)cc1C)c1ccc(C)c(C)c1)=N2. The molecular formula is C26H32N2O2S. The van der Waals surface area contributed by atoms with Gasteiger partial charge in [-0.05, 0) is 82.3 Å². The van der Waals surface area contributed by atoms with E-state index in [4.69, 9.17) is 4.99 Å². The second-order valence-corrected chi connectivity index (χ2v) is 10.8. The van der Waals surface area contributed by atoms with Crippen LogP contribution in [0, 0.1) is 27.7 Å². The number of amidine groups is 1. The first-order chi connectivity index (χ1) is 14.6. The van der Waals surface area contributed by atoms with Gasteiger partial charge in [0, 0.05) is 5.56 Å². The number of aliphatic imine (C=N–C) groups is 1. The highest BCUT2D eigenvalue weighted by Crippen LogP contribution is 2.67. The summed E-state index contributed by atoms with van der Waals surface area (Å²) >= 11 is 1.64. The molecule has 1 saturated carbocycles. The summed E-state index contributed by atoms with van der Waals surface area (Å²) in [6.07, 6.45) is 2.01. The summed E-state index contributed by atoms with van der Waals surface area (Å²) in [4.78, 5) is 20.7. The van der Waals surface area contributed by atoms with E-state index in [1.165, 1.54) is 5.56 Å². The number of benzene rings is 2. The maximum Gasteiger partial charge on any atom is 0.264 e. The summed E-state index contributed by atoms with van der Waals surface area (Å²) in [6, 6.07) is 12.0. The largest absolute Gasteiger partial charge is 0.391 e. The van der Waals surface area contributed by atoms with Gasteiger partial charge >= 0.3 is 0 Å². The molecule has 1 fully saturated rings. The summed E-state index contributed by atoms with van der Waals surface area (Å²) in [6.45, 7) is 12.4. The lowest BCUT2D eigenvalue weighted by molar-refractivity contribution is 0.100. The Morgan fingerprint density at radius 1 is 1.13 bits per heavy atom. The zero-order chi connectivity index (χ0) is 22.6. The molecule has 2 aromatic carbocycles. The quantitative estimate of drug-likeness (QED) is 0.651. The van der Waals surface area contributed by atoms with Crippen LogP contribution in [0.1, 0.15) is 65.7 Å². The Labute approximate surface area is 189 Å². The van der Waals surface area contributed by atoms with Gasteiger partial charge < -0.3 is 5.11 Å². The number of amides is 1. The van der Waals surface area contributed by atoms with Crippen molar-refractivity contribution in [3.05, 3.63) is 64.2 Å². The summed E-state index contributed by atoms with van der Waals surface area (Å²) < 4.78 is -0.155.